The number of likely N-dealkylation sites (N-methyl/N-ethyl adjacent to an activating group) is 1. The van der Waals surface area contributed by atoms with Gasteiger partial charge in [0.05, 0.1) is 0 Å². The van der Waals surface area contributed by atoms with E-state index in [9.17, 15) is 0 Å². The highest BCUT2D eigenvalue weighted by atomic mass is 127. The zero-order valence-corrected chi connectivity index (χ0v) is 19.3. The molecule has 5 nitrogen and oxygen atoms in total. The zero-order chi connectivity index (χ0) is 17.5. The average Bonchev–Trinajstić information content (AvgIpc) is 3.19. The minimum Gasteiger partial charge on any atom is -0.357 e. The van der Waals surface area contributed by atoms with Gasteiger partial charge < -0.3 is 20.0 Å². The minimum atomic E-state index is 0. The molecule has 1 saturated carbocycles. The maximum Gasteiger partial charge on any atom is 0.193 e. The lowest BCUT2D eigenvalue weighted by Gasteiger charge is -2.26. The van der Waals surface area contributed by atoms with Crippen molar-refractivity contribution in [1.82, 2.24) is 20.0 Å². The van der Waals surface area contributed by atoms with Gasteiger partial charge in [0.15, 0.2) is 5.96 Å². The Morgan fingerprint density at radius 2 is 1.81 bits per heavy atom. The molecule has 6 heteroatoms. The van der Waals surface area contributed by atoms with Gasteiger partial charge in [-0.2, -0.15) is 0 Å². The van der Waals surface area contributed by atoms with Gasteiger partial charge in [0, 0.05) is 39.3 Å². The minimum absolute atomic E-state index is 0. The SMILES string of the molecule is CCNC(=NCCCN1CCCN(C)CC1)N1CCC2(CCCC2)C1.I. The monoisotopic (exact) mass is 477 g/mol. The number of nitrogens with one attached hydrogen (secondary N) is 1. The summed E-state index contributed by atoms with van der Waals surface area (Å²) in [4.78, 5) is 12.6. The van der Waals surface area contributed by atoms with E-state index in [4.69, 9.17) is 4.99 Å². The number of hydrogen-bond acceptors (Lipinski definition) is 3. The number of halogens is 1. The van der Waals surface area contributed by atoms with Crippen molar-refractivity contribution in [3.63, 3.8) is 0 Å². The van der Waals surface area contributed by atoms with E-state index in [1.807, 2.05) is 0 Å². The van der Waals surface area contributed by atoms with Crippen molar-refractivity contribution in [3.05, 3.63) is 0 Å². The highest BCUT2D eigenvalue weighted by Gasteiger charge is 2.41. The van der Waals surface area contributed by atoms with E-state index in [0.717, 1.165) is 13.1 Å². The molecular formula is C20H40IN5. The van der Waals surface area contributed by atoms with Crippen LogP contribution in [0.3, 0.4) is 0 Å². The molecule has 26 heavy (non-hydrogen) atoms. The first-order valence-corrected chi connectivity index (χ1v) is 10.6. The average molecular weight is 477 g/mol. The second-order valence-corrected chi connectivity index (χ2v) is 8.47. The quantitative estimate of drug-likeness (QED) is 0.286. The molecule has 0 unspecified atom stereocenters. The topological polar surface area (TPSA) is 34.1 Å². The molecule has 0 amide bonds. The third kappa shape index (κ3) is 6.23. The summed E-state index contributed by atoms with van der Waals surface area (Å²) in [5, 5.41) is 3.54. The van der Waals surface area contributed by atoms with Gasteiger partial charge >= 0.3 is 0 Å². The van der Waals surface area contributed by atoms with Crippen LogP contribution in [-0.4, -0.2) is 86.6 Å². The summed E-state index contributed by atoms with van der Waals surface area (Å²) in [5.74, 6) is 1.17. The predicted molar refractivity (Wildman–Crippen MR) is 122 cm³/mol. The predicted octanol–water partition coefficient (Wildman–Crippen LogP) is 2.86. The zero-order valence-electron chi connectivity index (χ0n) is 17.0. The normalized spacial score (nSPS) is 24.7. The maximum absolute atomic E-state index is 4.97. The first-order valence-electron chi connectivity index (χ1n) is 10.6. The summed E-state index contributed by atoms with van der Waals surface area (Å²) >= 11 is 0. The number of likely N-dealkylation sites (tertiary alicyclic amines) is 1. The van der Waals surface area contributed by atoms with Crippen LogP contribution in [-0.2, 0) is 0 Å². The lowest BCUT2D eigenvalue weighted by molar-refractivity contribution is 0.274. The number of rotatable bonds is 5. The van der Waals surface area contributed by atoms with E-state index in [0.29, 0.717) is 5.41 Å². The van der Waals surface area contributed by atoms with Crippen LogP contribution in [0.25, 0.3) is 0 Å². The summed E-state index contributed by atoms with van der Waals surface area (Å²) < 4.78 is 0. The Morgan fingerprint density at radius 1 is 1.00 bits per heavy atom. The fourth-order valence-electron chi connectivity index (χ4n) is 4.88. The molecule has 0 atom stereocenters. The Kier molecular flexibility index (Phi) is 9.44. The van der Waals surface area contributed by atoms with Crippen LogP contribution in [0.4, 0.5) is 0 Å². The van der Waals surface area contributed by atoms with E-state index in [-0.39, 0.29) is 24.0 Å². The van der Waals surface area contributed by atoms with Gasteiger partial charge in [0.1, 0.15) is 0 Å². The number of aliphatic imine (C=N–C) groups is 1. The van der Waals surface area contributed by atoms with Gasteiger partial charge in [0.2, 0.25) is 0 Å². The van der Waals surface area contributed by atoms with Crippen LogP contribution in [0, 0.1) is 5.41 Å². The van der Waals surface area contributed by atoms with Crippen molar-refractivity contribution in [2.75, 3.05) is 66.0 Å². The van der Waals surface area contributed by atoms with E-state index in [1.54, 1.807) is 0 Å². The molecule has 0 aromatic rings. The van der Waals surface area contributed by atoms with E-state index in [1.165, 1.54) is 96.7 Å². The Hall–Kier alpha value is -0.0800. The second kappa shape index (κ2) is 11.1. The van der Waals surface area contributed by atoms with Gasteiger partial charge in [-0.1, -0.05) is 12.8 Å². The van der Waals surface area contributed by atoms with Gasteiger partial charge in [-0.15, -0.1) is 24.0 Å². The fraction of sp³-hybridized carbons (Fsp3) is 0.950. The van der Waals surface area contributed by atoms with Gasteiger partial charge in [-0.05, 0) is 71.1 Å². The van der Waals surface area contributed by atoms with Crippen LogP contribution in [0.5, 0.6) is 0 Å². The molecular weight excluding hydrogens is 437 g/mol. The molecule has 3 fully saturated rings. The van der Waals surface area contributed by atoms with Gasteiger partial charge in [-0.25, -0.2) is 0 Å². The second-order valence-electron chi connectivity index (χ2n) is 8.47. The molecule has 2 heterocycles. The van der Waals surface area contributed by atoms with Crippen molar-refractivity contribution >= 4 is 29.9 Å². The Labute approximate surface area is 178 Å². The number of guanidine groups is 1. The highest BCUT2D eigenvalue weighted by molar-refractivity contribution is 14.0. The van der Waals surface area contributed by atoms with E-state index >= 15 is 0 Å². The Morgan fingerprint density at radius 3 is 2.58 bits per heavy atom. The lowest BCUT2D eigenvalue weighted by Crippen LogP contribution is -2.41. The molecule has 3 rings (SSSR count). The molecule has 0 radical (unpaired) electrons. The first-order chi connectivity index (χ1) is 12.2. The summed E-state index contributed by atoms with van der Waals surface area (Å²) in [6, 6.07) is 0. The summed E-state index contributed by atoms with van der Waals surface area (Å²) in [7, 11) is 2.24. The molecule has 2 aliphatic heterocycles. The van der Waals surface area contributed by atoms with E-state index < -0.39 is 0 Å². The lowest BCUT2D eigenvalue weighted by atomic mass is 9.86. The third-order valence-corrected chi connectivity index (χ3v) is 6.44. The highest BCUT2D eigenvalue weighted by Crippen LogP contribution is 2.45. The van der Waals surface area contributed by atoms with Crippen molar-refractivity contribution in [1.29, 1.82) is 0 Å². The molecule has 1 N–H and O–H groups in total. The molecule has 2 saturated heterocycles. The summed E-state index contributed by atoms with van der Waals surface area (Å²) in [6.07, 6.45) is 9.60. The van der Waals surface area contributed by atoms with Gasteiger partial charge in [0.25, 0.3) is 0 Å². The Bertz CT molecular complexity index is 436. The molecule has 0 aromatic heterocycles. The maximum atomic E-state index is 4.97. The third-order valence-electron chi connectivity index (χ3n) is 6.44. The standard InChI is InChI=1S/C20H39N5.HI/c1-3-21-19(25-15-10-20(18-25)8-4-5-9-20)22-11-6-13-24-14-7-12-23(2)16-17-24;/h3-18H2,1-2H3,(H,21,22);1H. The smallest absolute Gasteiger partial charge is 0.193 e. The largest absolute Gasteiger partial charge is 0.357 e. The van der Waals surface area contributed by atoms with Crippen LogP contribution in [0.15, 0.2) is 4.99 Å². The first kappa shape index (κ1) is 22.2. The molecule has 0 bridgehead atoms. The van der Waals surface area contributed by atoms with E-state index in [2.05, 4.69) is 34.0 Å². The Balaban J connectivity index is 0.00000243. The van der Waals surface area contributed by atoms with Crippen LogP contribution < -0.4 is 5.32 Å². The molecule has 0 aromatic carbocycles. The fourth-order valence-corrected chi connectivity index (χ4v) is 4.88. The molecule has 1 spiro atoms. The van der Waals surface area contributed by atoms with Crippen molar-refractivity contribution in [2.24, 2.45) is 10.4 Å². The summed E-state index contributed by atoms with van der Waals surface area (Å²) in [6.45, 7) is 12.7. The van der Waals surface area contributed by atoms with Crippen molar-refractivity contribution in [2.45, 2.75) is 51.9 Å². The van der Waals surface area contributed by atoms with Crippen molar-refractivity contribution < 1.29 is 0 Å². The number of hydrogen-bond donors (Lipinski definition) is 1. The molecule has 3 aliphatic rings. The van der Waals surface area contributed by atoms with Crippen molar-refractivity contribution in [3.8, 4) is 0 Å². The van der Waals surface area contributed by atoms with Crippen LogP contribution in [0.2, 0.25) is 0 Å². The molecule has 1 aliphatic carbocycles. The van der Waals surface area contributed by atoms with Crippen LogP contribution in [0.1, 0.15) is 51.9 Å². The van der Waals surface area contributed by atoms with Gasteiger partial charge in [-0.3, -0.25) is 4.99 Å². The summed E-state index contributed by atoms with van der Waals surface area (Å²) in [5.41, 5.74) is 0.619. The molecule has 152 valence electrons. The van der Waals surface area contributed by atoms with Crippen LogP contribution >= 0.6 is 24.0 Å². The number of nitrogens with zero attached hydrogens (tertiary/aromatic N) is 4.